The first kappa shape index (κ1) is 22.0. The molecule has 1 aliphatic rings. The monoisotopic (exact) mass is 391 g/mol. The van der Waals surface area contributed by atoms with Crippen LogP contribution in [0.3, 0.4) is 0 Å². The van der Waals surface area contributed by atoms with Gasteiger partial charge in [-0.1, -0.05) is 22.4 Å². The Morgan fingerprint density at radius 1 is 1.44 bits per heavy atom. The van der Waals surface area contributed by atoms with Gasteiger partial charge in [-0.05, 0) is 6.92 Å². The van der Waals surface area contributed by atoms with Crippen LogP contribution in [-0.2, 0) is 23.6 Å². The zero-order chi connectivity index (χ0) is 19.0. The highest BCUT2D eigenvalue weighted by Gasteiger charge is 2.41. The molecule has 2 N–H and O–H groups in total. The Kier molecular flexibility index (Phi) is 9.51. The fourth-order valence-electron chi connectivity index (χ4n) is 2.63. The van der Waals surface area contributed by atoms with Gasteiger partial charge in [-0.25, -0.2) is 4.79 Å². The lowest BCUT2D eigenvalue weighted by atomic mass is 10.0. The van der Waals surface area contributed by atoms with Crippen LogP contribution < -0.4 is 10.4 Å². The Bertz CT molecular complexity index is 506. The molecule has 25 heavy (non-hydrogen) atoms. The average molecular weight is 391 g/mol. The summed E-state index contributed by atoms with van der Waals surface area (Å²) in [5.74, 6) is -1.46. The Morgan fingerprint density at radius 2 is 2.12 bits per heavy atom. The largest absolute Gasteiger partial charge is 0.464 e. The molecule has 2 amide bonds. The summed E-state index contributed by atoms with van der Waals surface area (Å²) >= 11 is 0. The maximum atomic E-state index is 12.7. The quantitative estimate of drug-likeness (QED) is 0.327. The van der Waals surface area contributed by atoms with Gasteiger partial charge in [0.15, 0.2) is 0 Å². The molecule has 1 rings (SSSR count). The molecule has 6 unspecified atom stereocenters. The molecule has 10 heteroatoms. The third-order valence-corrected chi connectivity index (χ3v) is 4.66. The number of esters is 1. The van der Waals surface area contributed by atoms with Crippen molar-refractivity contribution in [3.63, 3.8) is 0 Å². The Hall–Kier alpha value is -1.07. The van der Waals surface area contributed by atoms with E-state index in [1.54, 1.807) is 19.9 Å². The van der Waals surface area contributed by atoms with Crippen LogP contribution in [0.25, 0.3) is 0 Å². The normalized spacial score (nSPS) is 22.2. The molecule has 8 nitrogen and oxygen atoms in total. The van der Waals surface area contributed by atoms with Gasteiger partial charge in [0.1, 0.15) is 12.1 Å². The minimum absolute atomic E-state index is 0.0857. The van der Waals surface area contributed by atoms with E-state index in [1.165, 1.54) is 4.90 Å². The molecule has 1 fully saturated rings. The van der Waals surface area contributed by atoms with Crippen molar-refractivity contribution < 1.29 is 23.6 Å². The van der Waals surface area contributed by atoms with E-state index in [2.05, 4.69) is 35.8 Å². The summed E-state index contributed by atoms with van der Waals surface area (Å²) in [7, 11) is 4.41. The number of hydrogen-bond donors (Lipinski definition) is 2. The van der Waals surface area contributed by atoms with E-state index in [4.69, 9.17) is 9.26 Å². The highest BCUT2D eigenvalue weighted by atomic mass is 31.0. The minimum atomic E-state index is -0.849. The van der Waals surface area contributed by atoms with Crippen molar-refractivity contribution in [2.45, 2.75) is 38.5 Å². The van der Waals surface area contributed by atoms with Gasteiger partial charge in [0.2, 0.25) is 11.8 Å². The second-order valence-electron chi connectivity index (χ2n) is 5.77. The lowest BCUT2D eigenvalue weighted by molar-refractivity contribution is -0.149. The molecule has 0 spiro atoms. The van der Waals surface area contributed by atoms with Crippen molar-refractivity contribution in [3.05, 3.63) is 12.7 Å². The molecule has 6 atom stereocenters. The summed E-state index contributed by atoms with van der Waals surface area (Å²) in [4.78, 5) is 38.6. The van der Waals surface area contributed by atoms with E-state index in [-0.39, 0.29) is 31.1 Å². The first-order chi connectivity index (χ1) is 11.9. The van der Waals surface area contributed by atoms with E-state index in [0.717, 1.165) is 0 Å². The molecular weight excluding hydrogens is 364 g/mol. The van der Waals surface area contributed by atoms with Gasteiger partial charge in [0.05, 0.1) is 19.3 Å². The zero-order valence-electron chi connectivity index (χ0n) is 14.6. The van der Waals surface area contributed by atoms with E-state index >= 15 is 0 Å². The first-order valence-electron chi connectivity index (χ1n) is 8.07. The van der Waals surface area contributed by atoms with Crippen molar-refractivity contribution in [2.24, 2.45) is 5.92 Å². The van der Waals surface area contributed by atoms with Gasteiger partial charge in [0, 0.05) is 28.4 Å². The second kappa shape index (κ2) is 10.8. The number of carbonyl (C=O) groups excluding carboxylic acids is 3. The van der Waals surface area contributed by atoms with Crippen LogP contribution in [0.5, 0.6) is 0 Å². The molecule has 0 aliphatic carbocycles. The van der Waals surface area contributed by atoms with E-state index in [1.807, 2.05) is 0 Å². The second-order valence-corrected chi connectivity index (χ2v) is 6.45. The summed E-state index contributed by atoms with van der Waals surface area (Å²) in [5.41, 5.74) is 0. The highest BCUT2D eigenvalue weighted by molar-refractivity contribution is 7.13. The summed E-state index contributed by atoms with van der Waals surface area (Å²) in [6.45, 7) is 7.74. The molecule has 0 saturated carbocycles. The molecule has 0 aromatic heterocycles. The van der Waals surface area contributed by atoms with Gasteiger partial charge in [-0.2, -0.15) is 0 Å². The van der Waals surface area contributed by atoms with Crippen LogP contribution in [0.4, 0.5) is 0 Å². The van der Waals surface area contributed by atoms with Crippen LogP contribution in [-0.4, -0.2) is 60.6 Å². The summed E-state index contributed by atoms with van der Waals surface area (Å²) in [5, 5.41) is 5.40. The summed E-state index contributed by atoms with van der Waals surface area (Å²) in [6, 6.07) is -1.55. The van der Waals surface area contributed by atoms with E-state index in [9.17, 15) is 14.4 Å². The van der Waals surface area contributed by atoms with Gasteiger partial charge in [-0.15, -0.1) is 6.58 Å². The van der Waals surface area contributed by atoms with Crippen molar-refractivity contribution in [1.82, 2.24) is 15.3 Å². The van der Waals surface area contributed by atoms with E-state index < -0.39 is 24.0 Å². The lowest BCUT2D eigenvalue weighted by Gasteiger charge is -2.27. The number of likely N-dealkylation sites (tertiary alicyclic amines) is 1. The van der Waals surface area contributed by atoms with Crippen molar-refractivity contribution in [3.8, 4) is 0 Å². The summed E-state index contributed by atoms with van der Waals surface area (Å²) in [6.07, 6.45) is 1.68. The first-order valence-corrected chi connectivity index (χ1v) is 9.12. The average Bonchev–Trinajstić information content (AvgIpc) is 3.03. The number of rotatable bonds is 9. The van der Waals surface area contributed by atoms with Crippen LogP contribution >= 0.6 is 18.9 Å². The molecule has 0 aromatic carbocycles. The van der Waals surface area contributed by atoms with Crippen molar-refractivity contribution >= 4 is 36.6 Å². The Labute approximate surface area is 153 Å². The molecule has 0 bridgehead atoms. The zero-order valence-corrected chi connectivity index (χ0v) is 16.9. The predicted molar refractivity (Wildman–Crippen MR) is 100 cm³/mol. The van der Waals surface area contributed by atoms with Crippen LogP contribution in [0.1, 0.15) is 20.3 Å². The number of carbonyl (C=O) groups is 3. The smallest absolute Gasteiger partial charge is 0.329 e. The molecule has 142 valence electrons. The van der Waals surface area contributed by atoms with Gasteiger partial charge in [-0.3, -0.25) is 14.7 Å². The minimum Gasteiger partial charge on any atom is -0.464 e. The van der Waals surface area contributed by atoms with Gasteiger partial charge >= 0.3 is 5.97 Å². The fraction of sp³-hybridized carbons (Fsp3) is 0.667. The van der Waals surface area contributed by atoms with Crippen LogP contribution in [0.2, 0.25) is 0 Å². The fourth-order valence-corrected chi connectivity index (χ4v) is 3.00. The SMILES string of the molecule is C=CC(C)C(NC(=O)C1CC(OP)CN1C(=O)CNP)C(=O)OCC. The number of nitrogens with zero attached hydrogens (tertiary/aromatic N) is 1. The van der Waals surface area contributed by atoms with Crippen molar-refractivity contribution in [2.75, 3.05) is 19.7 Å². The molecular formula is C15H27N3O5P2. The molecule has 0 radical (unpaired) electrons. The standard InChI is InChI=1S/C15H27N3O5P2/c1-4-9(3)13(15(21)22-5-2)17-14(20)11-6-10(23-25)8-18(11)12(19)7-16-24/h4,9-11,13,16H,1,5-8,24-25H2,2-3H3,(H,17,20). The number of ether oxygens (including phenoxy) is 1. The molecule has 0 aromatic rings. The van der Waals surface area contributed by atoms with Crippen LogP contribution in [0, 0.1) is 5.92 Å². The number of hydrogen-bond acceptors (Lipinski definition) is 6. The lowest BCUT2D eigenvalue weighted by Crippen LogP contribution is -2.53. The maximum absolute atomic E-state index is 12.7. The van der Waals surface area contributed by atoms with Gasteiger partial charge in [0.25, 0.3) is 0 Å². The molecule has 1 heterocycles. The Balaban J connectivity index is 2.90. The predicted octanol–water partition coefficient (Wildman–Crippen LogP) is 0.0123. The van der Waals surface area contributed by atoms with Crippen molar-refractivity contribution in [1.29, 1.82) is 0 Å². The van der Waals surface area contributed by atoms with Gasteiger partial charge < -0.3 is 19.5 Å². The third-order valence-electron chi connectivity index (χ3n) is 4.07. The van der Waals surface area contributed by atoms with E-state index in [0.29, 0.717) is 13.0 Å². The molecule has 1 saturated heterocycles. The number of nitrogens with one attached hydrogen (secondary N) is 2. The van der Waals surface area contributed by atoms with Crippen LogP contribution in [0.15, 0.2) is 12.7 Å². The Morgan fingerprint density at radius 3 is 2.64 bits per heavy atom. The highest BCUT2D eigenvalue weighted by Crippen LogP contribution is 2.23. The molecule has 1 aliphatic heterocycles. The maximum Gasteiger partial charge on any atom is 0.329 e. The number of amides is 2. The topological polar surface area (TPSA) is 97.0 Å². The summed E-state index contributed by atoms with van der Waals surface area (Å²) < 4.78 is 10.2. The third kappa shape index (κ3) is 6.00.